The Bertz CT molecular complexity index is 413. The molecule has 1 saturated heterocycles. The predicted octanol–water partition coefficient (Wildman–Crippen LogP) is 3.03. The van der Waals surface area contributed by atoms with Gasteiger partial charge >= 0.3 is 0 Å². The summed E-state index contributed by atoms with van der Waals surface area (Å²) in [7, 11) is 1.67. The third-order valence-electron chi connectivity index (χ3n) is 3.75. The van der Waals surface area contributed by atoms with Gasteiger partial charge in [-0.1, -0.05) is 6.07 Å². The molecule has 1 aromatic carbocycles. The number of halogens is 2. The number of benzene rings is 1. The second-order valence-corrected chi connectivity index (χ2v) is 5.24. The van der Waals surface area contributed by atoms with E-state index in [1.165, 1.54) is 18.4 Å². The molecule has 1 aliphatic rings. The van der Waals surface area contributed by atoms with Crippen molar-refractivity contribution in [2.75, 3.05) is 33.4 Å². The molecule has 1 fully saturated rings. The van der Waals surface area contributed by atoms with Crippen molar-refractivity contribution in [3.05, 3.63) is 23.8 Å². The van der Waals surface area contributed by atoms with E-state index in [-0.39, 0.29) is 24.8 Å². The summed E-state index contributed by atoms with van der Waals surface area (Å²) >= 11 is 0. The van der Waals surface area contributed by atoms with Crippen LogP contribution in [0.2, 0.25) is 0 Å². The fourth-order valence-corrected chi connectivity index (χ4v) is 2.61. The molecule has 0 saturated carbocycles. The Morgan fingerprint density at radius 2 is 1.91 bits per heavy atom. The normalized spacial score (nSPS) is 14.6. The van der Waals surface area contributed by atoms with Crippen LogP contribution < -0.4 is 20.1 Å². The Morgan fingerprint density at radius 3 is 2.55 bits per heavy atom. The van der Waals surface area contributed by atoms with Crippen molar-refractivity contribution < 1.29 is 9.47 Å². The topological polar surface area (TPSA) is 42.5 Å². The van der Waals surface area contributed by atoms with E-state index in [9.17, 15) is 0 Å². The number of ether oxygens (including phenoxy) is 2. The maximum Gasteiger partial charge on any atom is 0.161 e. The monoisotopic (exact) mass is 350 g/mol. The molecule has 6 heteroatoms. The quantitative estimate of drug-likeness (QED) is 0.793. The van der Waals surface area contributed by atoms with Crippen molar-refractivity contribution in [3.63, 3.8) is 0 Å². The van der Waals surface area contributed by atoms with Crippen LogP contribution in [0.1, 0.15) is 25.3 Å². The van der Waals surface area contributed by atoms with Crippen LogP contribution in [-0.2, 0) is 6.54 Å². The van der Waals surface area contributed by atoms with Gasteiger partial charge < -0.3 is 20.1 Å². The molecule has 22 heavy (non-hydrogen) atoms. The zero-order valence-electron chi connectivity index (χ0n) is 13.4. The Balaban J connectivity index is 0.00000220. The smallest absolute Gasteiger partial charge is 0.161 e. The van der Waals surface area contributed by atoms with Gasteiger partial charge in [-0.25, -0.2) is 0 Å². The largest absolute Gasteiger partial charge is 0.493 e. The molecular weight excluding hydrogens is 323 g/mol. The Hall–Kier alpha value is -0.680. The molecule has 1 heterocycles. The predicted molar refractivity (Wildman–Crippen MR) is 96.0 cm³/mol. The fraction of sp³-hybridized carbons (Fsp3) is 0.625. The van der Waals surface area contributed by atoms with E-state index in [0.717, 1.165) is 43.6 Å². The molecule has 0 aromatic heterocycles. The molecule has 0 amide bonds. The van der Waals surface area contributed by atoms with Gasteiger partial charge in [0.1, 0.15) is 0 Å². The second kappa shape index (κ2) is 11.8. The molecule has 1 aliphatic heterocycles. The van der Waals surface area contributed by atoms with Crippen molar-refractivity contribution in [2.45, 2.75) is 26.3 Å². The minimum atomic E-state index is 0. The maximum atomic E-state index is 5.60. The first kappa shape index (κ1) is 21.3. The number of hydrogen-bond donors (Lipinski definition) is 2. The summed E-state index contributed by atoms with van der Waals surface area (Å²) < 4.78 is 10.9. The van der Waals surface area contributed by atoms with Gasteiger partial charge in [0.25, 0.3) is 0 Å². The Kier molecular flexibility index (Phi) is 11.5. The molecule has 128 valence electrons. The highest BCUT2D eigenvalue weighted by Gasteiger charge is 2.12. The van der Waals surface area contributed by atoms with Crippen LogP contribution in [-0.4, -0.2) is 33.4 Å². The molecule has 0 radical (unpaired) electrons. The van der Waals surface area contributed by atoms with Crippen molar-refractivity contribution in [2.24, 2.45) is 5.92 Å². The summed E-state index contributed by atoms with van der Waals surface area (Å²) in [6.07, 6.45) is 2.56. The summed E-state index contributed by atoms with van der Waals surface area (Å²) in [5.74, 6) is 2.44. The molecule has 2 rings (SSSR count). The highest BCUT2D eigenvalue weighted by Crippen LogP contribution is 2.28. The lowest BCUT2D eigenvalue weighted by molar-refractivity contribution is 0.310. The highest BCUT2D eigenvalue weighted by atomic mass is 35.5. The van der Waals surface area contributed by atoms with Crippen molar-refractivity contribution in [1.29, 1.82) is 0 Å². The minimum Gasteiger partial charge on any atom is -0.493 e. The van der Waals surface area contributed by atoms with Crippen LogP contribution in [0.3, 0.4) is 0 Å². The van der Waals surface area contributed by atoms with E-state index >= 15 is 0 Å². The molecule has 1 aromatic rings. The Labute approximate surface area is 146 Å². The summed E-state index contributed by atoms with van der Waals surface area (Å²) in [5.41, 5.74) is 1.24. The Morgan fingerprint density at radius 1 is 1.18 bits per heavy atom. The van der Waals surface area contributed by atoms with Gasteiger partial charge in [-0.15, -0.1) is 24.8 Å². The van der Waals surface area contributed by atoms with Crippen LogP contribution in [0.15, 0.2) is 18.2 Å². The molecular formula is C16H28Cl2N2O2. The van der Waals surface area contributed by atoms with Crippen molar-refractivity contribution in [1.82, 2.24) is 10.6 Å². The zero-order chi connectivity index (χ0) is 14.2. The average molecular weight is 351 g/mol. The van der Waals surface area contributed by atoms with Gasteiger partial charge in [-0.2, -0.15) is 0 Å². The maximum absolute atomic E-state index is 5.60. The third-order valence-corrected chi connectivity index (χ3v) is 3.75. The van der Waals surface area contributed by atoms with Crippen LogP contribution in [0.4, 0.5) is 0 Å². The number of rotatable bonds is 7. The van der Waals surface area contributed by atoms with Gasteiger partial charge in [0.05, 0.1) is 13.7 Å². The molecule has 0 aliphatic carbocycles. The van der Waals surface area contributed by atoms with Crippen LogP contribution in [0.25, 0.3) is 0 Å². The first-order chi connectivity index (χ1) is 9.83. The van der Waals surface area contributed by atoms with Crippen LogP contribution in [0.5, 0.6) is 11.5 Å². The summed E-state index contributed by atoms with van der Waals surface area (Å²) in [6, 6.07) is 6.14. The van der Waals surface area contributed by atoms with Gasteiger partial charge in [-0.3, -0.25) is 0 Å². The first-order valence-corrected chi connectivity index (χ1v) is 7.54. The summed E-state index contributed by atoms with van der Waals surface area (Å²) in [4.78, 5) is 0. The van der Waals surface area contributed by atoms with Crippen molar-refractivity contribution >= 4 is 24.8 Å². The molecule has 0 unspecified atom stereocenters. The standard InChI is InChI=1S/C16H26N2O2.2ClH/c1-3-20-16-10-14(4-5-15(16)19-2)12-18-11-13-6-8-17-9-7-13;;/h4-5,10,13,17-18H,3,6-9,11-12H2,1-2H3;2*1H. The molecule has 4 nitrogen and oxygen atoms in total. The van der Waals surface area contributed by atoms with Crippen LogP contribution in [0, 0.1) is 5.92 Å². The number of nitrogens with one attached hydrogen (secondary N) is 2. The van der Waals surface area contributed by atoms with Gasteiger partial charge in [-0.05, 0) is 63.0 Å². The second-order valence-electron chi connectivity index (χ2n) is 5.24. The van der Waals surface area contributed by atoms with E-state index in [2.05, 4.69) is 22.8 Å². The first-order valence-electron chi connectivity index (χ1n) is 7.54. The van der Waals surface area contributed by atoms with E-state index < -0.39 is 0 Å². The van der Waals surface area contributed by atoms with Crippen molar-refractivity contribution in [3.8, 4) is 11.5 Å². The number of hydrogen-bond acceptors (Lipinski definition) is 4. The fourth-order valence-electron chi connectivity index (χ4n) is 2.61. The number of methoxy groups -OCH3 is 1. The zero-order valence-corrected chi connectivity index (χ0v) is 15.0. The molecule has 0 spiro atoms. The minimum absolute atomic E-state index is 0. The lowest BCUT2D eigenvalue weighted by Gasteiger charge is -2.22. The van der Waals surface area contributed by atoms with Gasteiger partial charge in [0.15, 0.2) is 11.5 Å². The highest BCUT2D eigenvalue weighted by molar-refractivity contribution is 5.85. The summed E-state index contributed by atoms with van der Waals surface area (Å²) in [5, 5.41) is 6.95. The van der Waals surface area contributed by atoms with E-state index in [1.54, 1.807) is 7.11 Å². The third kappa shape index (κ3) is 6.61. The lowest BCUT2D eigenvalue weighted by Crippen LogP contribution is -2.33. The molecule has 0 bridgehead atoms. The van der Waals surface area contributed by atoms with E-state index in [1.807, 2.05) is 13.0 Å². The SMILES string of the molecule is CCOc1cc(CNCC2CCNCC2)ccc1OC.Cl.Cl. The number of piperidine rings is 1. The van der Waals surface area contributed by atoms with Crippen LogP contribution >= 0.6 is 24.8 Å². The van der Waals surface area contributed by atoms with E-state index in [4.69, 9.17) is 9.47 Å². The van der Waals surface area contributed by atoms with E-state index in [0.29, 0.717) is 6.61 Å². The van der Waals surface area contributed by atoms with Gasteiger partial charge in [0.2, 0.25) is 0 Å². The average Bonchev–Trinajstić information content (AvgIpc) is 2.49. The molecule has 0 atom stereocenters. The summed E-state index contributed by atoms with van der Waals surface area (Å²) in [6.45, 7) is 6.93. The van der Waals surface area contributed by atoms with Gasteiger partial charge in [0, 0.05) is 6.54 Å². The molecule has 2 N–H and O–H groups in total. The lowest BCUT2D eigenvalue weighted by atomic mass is 9.98.